The molecule has 1 unspecified atom stereocenters. The highest BCUT2D eigenvalue weighted by atomic mass is 32.1. The number of amides is 1. The number of hydrogen-bond acceptors (Lipinski definition) is 3. The molecule has 0 bridgehead atoms. The van der Waals surface area contributed by atoms with Crippen LogP contribution >= 0.6 is 11.3 Å². The molecule has 4 heteroatoms. The van der Waals surface area contributed by atoms with Crippen molar-refractivity contribution in [1.82, 2.24) is 4.90 Å². The Hall–Kier alpha value is -1.65. The van der Waals surface area contributed by atoms with Gasteiger partial charge in [-0.15, -0.1) is 11.3 Å². The molecule has 1 atom stereocenters. The summed E-state index contributed by atoms with van der Waals surface area (Å²) in [5, 5.41) is 1.98. The number of hydrogen-bond donors (Lipinski definition) is 1. The van der Waals surface area contributed by atoms with Gasteiger partial charge in [-0.05, 0) is 80.6 Å². The number of nitrogens with two attached hydrogens (primary N) is 1. The molecule has 134 valence electrons. The smallest absolute Gasteiger partial charge is 0.259 e. The van der Waals surface area contributed by atoms with Crippen LogP contribution in [0, 0.1) is 11.8 Å². The largest absolute Gasteiger partial charge is 0.365 e. The molecule has 1 aromatic heterocycles. The summed E-state index contributed by atoms with van der Waals surface area (Å²) in [7, 11) is 4.38. The van der Waals surface area contributed by atoms with E-state index in [0.29, 0.717) is 17.9 Å². The summed E-state index contributed by atoms with van der Waals surface area (Å²) in [6.07, 6.45) is 5.95. The SMILES string of the molecule is CN(C)C(c1ccccc1)C1CCC(Cc2ccsc2C(N)=O)CC1. The van der Waals surface area contributed by atoms with Crippen molar-refractivity contribution in [3.8, 4) is 0 Å². The molecule has 3 nitrogen and oxygen atoms in total. The van der Waals surface area contributed by atoms with Gasteiger partial charge < -0.3 is 10.6 Å². The fraction of sp³-hybridized carbons (Fsp3) is 0.476. The molecule has 2 aromatic rings. The first-order valence-electron chi connectivity index (χ1n) is 9.13. The number of rotatable bonds is 6. The third-order valence-electron chi connectivity index (χ3n) is 5.51. The van der Waals surface area contributed by atoms with Crippen molar-refractivity contribution in [2.45, 2.75) is 38.1 Å². The Labute approximate surface area is 154 Å². The van der Waals surface area contributed by atoms with E-state index >= 15 is 0 Å². The summed E-state index contributed by atoms with van der Waals surface area (Å²) >= 11 is 1.47. The van der Waals surface area contributed by atoms with Crippen molar-refractivity contribution in [3.05, 3.63) is 57.8 Å². The average Bonchev–Trinajstić information content (AvgIpc) is 3.06. The van der Waals surface area contributed by atoms with Gasteiger partial charge in [-0.1, -0.05) is 30.3 Å². The molecule has 1 aliphatic carbocycles. The monoisotopic (exact) mass is 356 g/mol. The van der Waals surface area contributed by atoms with E-state index < -0.39 is 0 Å². The molecule has 1 aromatic carbocycles. The van der Waals surface area contributed by atoms with Crippen molar-refractivity contribution in [3.63, 3.8) is 0 Å². The van der Waals surface area contributed by atoms with Crippen LogP contribution in [0.4, 0.5) is 0 Å². The molecule has 1 saturated carbocycles. The molecular formula is C21H28N2OS. The summed E-state index contributed by atoms with van der Waals surface area (Å²) < 4.78 is 0. The highest BCUT2D eigenvalue weighted by molar-refractivity contribution is 7.12. The van der Waals surface area contributed by atoms with Crippen molar-refractivity contribution in [2.24, 2.45) is 17.6 Å². The molecule has 0 spiro atoms. The molecule has 3 rings (SSSR count). The van der Waals surface area contributed by atoms with E-state index in [-0.39, 0.29) is 5.91 Å². The lowest BCUT2D eigenvalue weighted by atomic mass is 9.74. The van der Waals surface area contributed by atoms with Crippen LogP contribution in [-0.2, 0) is 6.42 Å². The van der Waals surface area contributed by atoms with Gasteiger partial charge in [0.05, 0.1) is 4.88 Å². The predicted octanol–water partition coefficient (Wildman–Crippen LogP) is 4.50. The maximum Gasteiger partial charge on any atom is 0.259 e. The second kappa shape index (κ2) is 8.15. The van der Waals surface area contributed by atoms with Crippen LogP contribution in [0.15, 0.2) is 41.8 Å². The number of carbonyl (C=O) groups is 1. The molecule has 1 amide bonds. The Balaban J connectivity index is 1.63. The molecule has 1 heterocycles. The van der Waals surface area contributed by atoms with Crippen LogP contribution < -0.4 is 5.73 Å². The third-order valence-corrected chi connectivity index (χ3v) is 6.49. The number of primary amides is 1. The lowest BCUT2D eigenvalue weighted by molar-refractivity contribution is 0.100. The van der Waals surface area contributed by atoms with Crippen molar-refractivity contribution >= 4 is 17.2 Å². The van der Waals surface area contributed by atoms with Crippen molar-refractivity contribution in [2.75, 3.05) is 14.1 Å². The summed E-state index contributed by atoms with van der Waals surface area (Å²) in [6.45, 7) is 0. The minimum Gasteiger partial charge on any atom is -0.365 e. The third kappa shape index (κ3) is 4.31. The summed E-state index contributed by atoms with van der Waals surface area (Å²) in [5.41, 5.74) is 8.06. The van der Waals surface area contributed by atoms with Gasteiger partial charge in [0.15, 0.2) is 0 Å². The fourth-order valence-electron chi connectivity index (χ4n) is 4.37. The summed E-state index contributed by atoms with van der Waals surface area (Å²) in [4.78, 5) is 14.6. The average molecular weight is 357 g/mol. The molecule has 0 aliphatic heterocycles. The zero-order valence-corrected chi connectivity index (χ0v) is 16.0. The van der Waals surface area contributed by atoms with E-state index in [1.165, 1.54) is 42.6 Å². The second-order valence-corrected chi connectivity index (χ2v) is 8.36. The Morgan fingerprint density at radius 3 is 2.44 bits per heavy atom. The topological polar surface area (TPSA) is 46.3 Å². The van der Waals surface area contributed by atoms with Gasteiger partial charge in [-0.3, -0.25) is 4.79 Å². The second-order valence-electron chi connectivity index (χ2n) is 7.44. The Morgan fingerprint density at radius 2 is 1.84 bits per heavy atom. The number of nitrogens with zero attached hydrogens (tertiary/aromatic N) is 1. The number of benzene rings is 1. The number of carbonyl (C=O) groups excluding carboxylic acids is 1. The van der Waals surface area contributed by atoms with Crippen LogP contribution in [0.25, 0.3) is 0 Å². The van der Waals surface area contributed by atoms with Crippen LogP contribution in [-0.4, -0.2) is 24.9 Å². The lowest BCUT2D eigenvalue weighted by Crippen LogP contribution is -2.30. The van der Waals surface area contributed by atoms with Gasteiger partial charge in [-0.2, -0.15) is 0 Å². The highest BCUT2D eigenvalue weighted by Crippen LogP contribution is 2.40. The van der Waals surface area contributed by atoms with Crippen LogP contribution in [0.2, 0.25) is 0 Å². The molecule has 2 N–H and O–H groups in total. The standard InChI is InChI=1S/C21H28N2OS/c1-23(2)19(16-6-4-3-5-7-16)17-10-8-15(9-11-17)14-18-12-13-25-20(18)21(22)24/h3-7,12-13,15,17,19H,8-11,14H2,1-2H3,(H2,22,24). The fourth-order valence-corrected chi connectivity index (χ4v) is 5.16. The lowest BCUT2D eigenvalue weighted by Gasteiger charge is -2.37. The van der Waals surface area contributed by atoms with Crippen molar-refractivity contribution < 1.29 is 4.79 Å². The predicted molar refractivity (Wildman–Crippen MR) is 105 cm³/mol. The van der Waals surface area contributed by atoms with E-state index in [1.54, 1.807) is 0 Å². The minimum absolute atomic E-state index is 0.282. The molecule has 0 saturated heterocycles. The highest BCUT2D eigenvalue weighted by Gasteiger charge is 2.30. The summed E-state index contributed by atoms with van der Waals surface area (Å²) in [6, 6.07) is 13.4. The molecule has 0 radical (unpaired) electrons. The first kappa shape index (κ1) is 18.2. The van der Waals surface area contributed by atoms with Gasteiger partial charge in [-0.25, -0.2) is 0 Å². The van der Waals surface area contributed by atoms with E-state index in [9.17, 15) is 4.79 Å². The summed E-state index contributed by atoms with van der Waals surface area (Å²) in [5.74, 6) is 1.09. The zero-order chi connectivity index (χ0) is 17.8. The van der Waals surface area contributed by atoms with Gasteiger partial charge in [0.25, 0.3) is 5.91 Å². The Morgan fingerprint density at radius 1 is 1.16 bits per heavy atom. The van der Waals surface area contributed by atoms with Crippen molar-refractivity contribution in [1.29, 1.82) is 0 Å². The first-order valence-corrected chi connectivity index (χ1v) is 10.0. The van der Waals surface area contributed by atoms with Gasteiger partial charge >= 0.3 is 0 Å². The van der Waals surface area contributed by atoms with Crippen LogP contribution in [0.5, 0.6) is 0 Å². The van der Waals surface area contributed by atoms with Crippen LogP contribution in [0.1, 0.15) is 52.5 Å². The molecular weight excluding hydrogens is 328 g/mol. The quantitative estimate of drug-likeness (QED) is 0.828. The van der Waals surface area contributed by atoms with E-state index in [1.807, 2.05) is 5.38 Å². The molecule has 25 heavy (non-hydrogen) atoms. The van der Waals surface area contributed by atoms with E-state index in [0.717, 1.165) is 16.9 Å². The van der Waals surface area contributed by atoms with Crippen LogP contribution in [0.3, 0.4) is 0 Å². The number of thiophene rings is 1. The zero-order valence-electron chi connectivity index (χ0n) is 15.2. The van der Waals surface area contributed by atoms with Gasteiger partial charge in [0.1, 0.15) is 0 Å². The maximum absolute atomic E-state index is 11.5. The van der Waals surface area contributed by atoms with Gasteiger partial charge in [0, 0.05) is 6.04 Å². The maximum atomic E-state index is 11.5. The Bertz CT molecular complexity index is 687. The van der Waals surface area contributed by atoms with Gasteiger partial charge in [0.2, 0.25) is 0 Å². The van der Waals surface area contributed by atoms with E-state index in [4.69, 9.17) is 5.73 Å². The molecule has 1 aliphatic rings. The molecule has 1 fully saturated rings. The first-order chi connectivity index (χ1) is 12.1. The van der Waals surface area contributed by atoms with E-state index in [2.05, 4.69) is 55.4 Å². The Kier molecular flexibility index (Phi) is 5.92. The minimum atomic E-state index is -0.282. The normalized spacial score (nSPS) is 22.0.